The molecule has 1 unspecified atom stereocenters. The minimum absolute atomic E-state index is 0.150. The van der Waals surface area contributed by atoms with E-state index in [2.05, 4.69) is 5.32 Å². The van der Waals surface area contributed by atoms with E-state index in [1.54, 1.807) is 0 Å². The first-order valence-electron chi connectivity index (χ1n) is 5.51. The summed E-state index contributed by atoms with van der Waals surface area (Å²) in [6, 6.07) is 2.76. The molecule has 0 radical (unpaired) electrons. The number of hydrogen-bond donors (Lipinski definition) is 1. The van der Waals surface area contributed by atoms with Crippen LogP contribution in [0.4, 0.5) is 4.39 Å². The van der Waals surface area contributed by atoms with E-state index in [9.17, 15) is 17.6 Å². The molecule has 0 aromatic heterocycles. The van der Waals surface area contributed by atoms with Crippen LogP contribution in [0.1, 0.15) is 16.8 Å². The highest BCUT2D eigenvalue weighted by Crippen LogP contribution is 2.18. The molecule has 5 nitrogen and oxygen atoms in total. The largest absolute Gasteiger partial charge is 0.379 e. The topological polar surface area (TPSA) is 72.5 Å². The second-order valence-electron chi connectivity index (χ2n) is 4.11. The number of benzene rings is 1. The molecular weight excluding hydrogens is 297 g/mol. The molecule has 2 rings (SSSR count). The molecule has 0 spiro atoms. The molecule has 1 saturated heterocycles. The Morgan fingerprint density at radius 1 is 1.47 bits per heavy atom. The average Bonchev–Trinajstić information content (AvgIpc) is 2.80. The Morgan fingerprint density at radius 2 is 2.21 bits per heavy atom. The number of ether oxygens (including phenoxy) is 1. The molecule has 1 N–H and O–H groups in total. The summed E-state index contributed by atoms with van der Waals surface area (Å²) < 4.78 is 40.8. The van der Waals surface area contributed by atoms with E-state index in [0.717, 1.165) is 18.2 Å². The summed E-state index contributed by atoms with van der Waals surface area (Å²) >= 11 is 0. The maximum Gasteiger partial charge on any atom is 0.261 e. The van der Waals surface area contributed by atoms with Crippen molar-refractivity contribution in [3.05, 3.63) is 29.6 Å². The third kappa shape index (κ3) is 3.43. The van der Waals surface area contributed by atoms with Crippen molar-refractivity contribution in [2.24, 2.45) is 0 Å². The SMILES string of the molecule is O=C(NC1CCOC1)c1ccc(S(=O)(=O)Cl)cc1F. The lowest BCUT2D eigenvalue weighted by Crippen LogP contribution is -2.35. The van der Waals surface area contributed by atoms with E-state index < -0.39 is 20.8 Å². The number of amides is 1. The van der Waals surface area contributed by atoms with Crippen molar-refractivity contribution >= 4 is 25.6 Å². The molecule has 104 valence electrons. The Labute approximate surface area is 114 Å². The predicted octanol–water partition coefficient (Wildman–Crippen LogP) is 1.27. The van der Waals surface area contributed by atoms with Crippen molar-refractivity contribution in [1.82, 2.24) is 5.32 Å². The molecule has 1 aliphatic heterocycles. The second kappa shape index (κ2) is 5.44. The van der Waals surface area contributed by atoms with Gasteiger partial charge in [-0.05, 0) is 24.6 Å². The zero-order valence-corrected chi connectivity index (χ0v) is 11.3. The number of nitrogens with one attached hydrogen (secondary N) is 1. The monoisotopic (exact) mass is 307 g/mol. The highest BCUT2D eigenvalue weighted by atomic mass is 35.7. The first-order chi connectivity index (χ1) is 8.88. The molecule has 1 amide bonds. The Bertz CT molecular complexity index is 599. The van der Waals surface area contributed by atoms with Gasteiger partial charge in [0.05, 0.1) is 23.1 Å². The van der Waals surface area contributed by atoms with E-state index >= 15 is 0 Å². The normalized spacial score (nSPS) is 19.4. The molecular formula is C11H11ClFNO4S. The van der Waals surface area contributed by atoms with Crippen molar-refractivity contribution in [1.29, 1.82) is 0 Å². The standard InChI is InChI=1S/C11H11ClFNO4S/c12-19(16,17)8-1-2-9(10(13)5-8)11(15)14-7-3-4-18-6-7/h1-2,5,7H,3-4,6H2,(H,14,15). The van der Waals surface area contributed by atoms with Gasteiger partial charge in [-0.25, -0.2) is 12.8 Å². The third-order valence-electron chi connectivity index (χ3n) is 2.73. The zero-order chi connectivity index (χ0) is 14.0. The van der Waals surface area contributed by atoms with E-state index in [0.29, 0.717) is 19.6 Å². The molecule has 1 aromatic rings. The van der Waals surface area contributed by atoms with Gasteiger partial charge in [-0.1, -0.05) is 0 Å². The lowest BCUT2D eigenvalue weighted by Gasteiger charge is -2.11. The van der Waals surface area contributed by atoms with Crippen molar-refractivity contribution in [3.63, 3.8) is 0 Å². The maximum absolute atomic E-state index is 13.7. The van der Waals surface area contributed by atoms with E-state index in [1.165, 1.54) is 0 Å². The van der Waals surface area contributed by atoms with Crippen LogP contribution in [0.2, 0.25) is 0 Å². The average molecular weight is 308 g/mol. The lowest BCUT2D eigenvalue weighted by atomic mass is 10.1. The van der Waals surface area contributed by atoms with Gasteiger partial charge in [-0.3, -0.25) is 4.79 Å². The van der Waals surface area contributed by atoms with Crippen molar-refractivity contribution < 1.29 is 22.3 Å². The van der Waals surface area contributed by atoms with Gasteiger partial charge in [-0.15, -0.1) is 0 Å². The first-order valence-corrected chi connectivity index (χ1v) is 7.81. The Balaban J connectivity index is 2.18. The van der Waals surface area contributed by atoms with Crippen LogP contribution in [-0.4, -0.2) is 33.6 Å². The van der Waals surface area contributed by atoms with Gasteiger partial charge < -0.3 is 10.1 Å². The fourth-order valence-corrected chi connectivity index (χ4v) is 2.51. The summed E-state index contributed by atoms with van der Waals surface area (Å²) in [6.45, 7) is 0.943. The molecule has 0 saturated carbocycles. The summed E-state index contributed by atoms with van der Waals surface area (Å²) in [5.41, 5.74) is -0.226. The Hall–Kier alpha value is -1.18. The molecule has 0 aliphatic carbocycles. The fraction of sp³-hybridized carbons (Fsp3) is 0.364. The molecule has 1 heterocycles. The van der Waals surface area contributed by atoms with Gasteiger partial charge in [-0.2, -0.15) is 0 Å². The van der Waals surface area contributed by atoms with Gasteiger partial charge in [0.2, 0.25) is 0 Å². The predicted molar refractivity (Wildman–Crippen MR) is 66.1 cm³/mol. The highest BCUT2D eigenvalue weighted by molar-refractivity contribution is 8.13. The van der Waals surface area contributed by atoms with Crippen LogP contribution in [0.25, 0.3) is 0 Å². The van der Waals surface area contributed by atoms with Crippen LogP contribution in [0.5, 0.6) is 0 Å². The summed E-state index contributed by atoms with van der Waals surface area (Å²) in [5.74, 6) is -1.54. The van der Waals surface area contributed by atoms with Gasteiger partial charge in [0, 0.05) is 17.3 Å². The lowest BCUT2D eigenvalue weighted by molar-refractivity contribution is 0.0925. The van der Waals surface area contributed by atoms with Gasteiger partial charge in [0.25, 0.3) is 15.0 Å². The van der Waals surface area contributed by atoms with Crippen LogP contribution in [0.15, 0.2) is 23.1 Å². The number of carbonyl (C=O) groups is 1. The number of hydrogen-bond acceptors (Lipinski definition) is 4. The van der Waals surface area contributed by atoms with Crippen LogP contribution >= 0.6 is 10.7 Å². The smallest absolute Gasteiger partial charge is 0.261 e. The van der Waals surface area contributed by atoms with Crippen LogP contribution in [0, 0.1) is 5.82 Å². The van der Waals surface area contributed by atoms with Gasteiger partial charge in [0.15, 0.2) is 0 Å². The van der Waals surface area contributed by atoms with Crippen molar-refractivity contribution in [2.45, 2.75) is 17.4 Å². The summed E-state index contributed by atoms with van der Waals surface area (Å²) in [4.78, 5) is 11.4. The van der Waals surface area contributed by atoms with Gasteiger partial charge in [0.1, 0.15) is 5.82 Å². The third-order valence-corrected chi connectivity index (χ3v) is 4.08. The number of halogens is 2. The minimum atomic E-state index is -4.01. The maximum atomic E-state index is 13.7. The molecule has 1 atom stereocenters. The fourth-order valence-electron chi connectivity index (χ4n) is 1.74. The quantitative estimate of drug-likeness (QED) is 0.854. The minimum Gasteiger partial charge on any atom is -0.379 e. The van der Waals surface area contributed by atoms with Crippen LogP contribution in [-0.2, 0) is 13.8 Å². The first kappa shape index (κ1) is 14.2. The zero-order valence-electron chi connectivity index (χ0n) is 9.73. The van der Waals surface area contributed by atoms with Crippen molar-refractivity contribution in [3.8, 4) is 0 Å². The van der Waals surface area contributed by atoms with Crippen LogP contribution < -0.4 is 5.32 Å². The van der Waals surface area contributed by atoms with Crippen molar-refractivity contribution in [2.75, 3.05) is 13.2 Å². The van der Waals surface area contributed by atoms with E-state index in [1.807, 2.05) is 0 Å². The summed E-state index contributed by atoms with van der Waals surface area (Å²) in [7, 11) is 1.08. The highest BCUT2D eigenvalue weighted by Gasteiger charge is 2.21. The number of carbonyl (C=O) groups excluding carboxylic acids is 1. The Kier molecular flexibility index (Phi) is 4.07. The number of rotatable bonds is 3. The molecule has 1 aliphatic rings. The Morgan fingerprint density at radius 3 is 2.74 bits per heavy atom. The molecule has 8 heteroatoms. The van der Waals surface area contributed by atoms with E-state index in [-0.39, 0.29) is 16.5 Å². The summed E-state index contributed by atoms with van der Waals surface area (Å²) in [6.07, 6.45) is 0.668. The molecule has 1 fully saturated rings. The molecule has 19 heavy (non-hydrogen) atoms. The second-order valence-corrected chi connectivity index (χ2v) is 6.68. The van der Waals surface area contributed by atoms with E-state index in [4.69, 9.17) is 15.4 Å². The summed E-state index contributed by atoms with van der Waals surface area (Å²) in [5, 5.41) is 2.61. The van der Waals surface area contributed by atoms with Crippen LogP contribution in [0.3, 0.4) is 0 Å². The molecule has 0 bridgehead atoms. The molecule has 1 aromatic carbocycles. The van der Waals surface area contributed by atoms with Gasteiger partial charge >= 0.3 is 0 Å².